The molecule has 0 radical (unpaired) electrons. The van der Waals surface area contributed by atoms with Crippen molar-refractivity contribution >= 4 is 5.91 Å². The number of rotatable bonds is 6. The van der Waals surface area contributed by atoms with E-state index in [-0.39, 0.29) is 12.5 Å². The Morgan fingerprint density at radius 2 is 2.06 bits per heavy atom. The monoisotopic (exact) mass is 248 g/mol. The van der Waals surface area contributed by atoms with E-state index in [1.165, 1.54) is 0 Å². The Bertz CT molecular complexity index is 404. The molecular weight excluding hydrogens is 228 g/mol. The topological polar surface area (TPSA) is 61.4 Å². The highest BCUT2D eigenvalue weighted by Crippen LogP contribution is 2.20. The smallest absolute Gasteiger partial charge is 0.234 e. The predicted octanol–water partition coefficient (Wildman–Crippen LogP) is 0.762. The Morgan fingerprint density at radius 3 is 2.61 bits per heavy atom. The summed E-state index contributed by atoms with van der Waals surface area (Å²) in [6, 6.07) is 10.0. The second-order valence-electron chi connectivity index (χ2n) is 5.06. The lowest BCUT2D eigenvalue weighted by atomic mass is 9.93. The zero-order valence-corrected chi connectivity index (χ0v) is 10.6. The van der Waals surface area contributed by atoms with Gasteiger partial charge in [-0.25, -0.2) is 0 Å². The van der Waals surface area contributed by atoms with Gasteiger partial charge in [-0.1, -0.05) is 30.3 Å². The van der Waals surface area contributed by atoms with Crippen LogP contribution in [0.4, 0.5) is 0 Å². The molecule has 18 heavy (non-hydrogen) atoms. The normalized spacial score (nSPS) is 18.1. The number of aliphatic hydroxyl groups is 1. The second kappa shape index (κ2) is 5.50. The Balaban J connectivity index is 1.96. The zero-order chi connectivity index (χ0) is 13.0. The highest BCUT2D eigenvalue weighted by atomic mass is 16.3. The minimum atomic E-state index is -0.719. The van der Waals surface area contributed by atoms with Crippen molar-refractivity contribution in [3.8, 4) is 0 Å². The van der Waals surface area contributed by atoms with E-state index in [4.69, 9.17) is 0 Å². The van der Waals surface area contributed by atoms with Gasteiger partial charge >= 0.3 is 0 Å². The molecule has 1 saturated carbocycles. The Hall–Kier alpha value is -1.39. The van der Waals surface area contributed by atoms with Crippen molar-refractivity contribution in [2.24, 2.45) is 0 Å². The summed E-state index contributed by atoms with van der Waals surface area (Å²) in [5, 5.41) is 15.6. The molecule has 4 heteroatoms. The first kappa shape index (κ1) is 13.1. The molecule has 1 aliphatic rings. The van der Waals surface area contributed by atoms with Gasteiger partial charge in [-0.15, -0.1) is 0 Å². The number of carbonyl (C=O) groups is 1. The molecule has 2 rings (SSSR count). The molecule has 1 fully saturated rings. The second-order valence-corrected chi connectivity index (χ2v) is 5.06. The molecule has 1 aliphatic carbocycles. The van der Waals surface area contributed by atoms with E-state index in [9.17, 15) is 9.90 Å². The highest BCUT2D eigenvalue weighted by molar-refractivity contribution is 5.79. The molecule has 0 bridgehead atoms. The number of benzene rings is 1. The molecule has 0 heterocycles. The van der Waals surface area contributed by atoms with E-state index in [2.05, 4.69) is 10.6 Å². The summed E-state index contributed by atoms with van der Waals surface area (Å²) in [6.07, 6.45) is 2.31. The summed E-state index contributed by atoms with van der Waals surface area (Å²) < 4.78 is 0. The lowest BCUT2D eigenvalue weighted by Crippen LogP contribution is -2.49. The fraction of sp³-hybridized carbons (Fsp3) is 0.500. The van der Waals surface area contributed by atoms with Crippen LogP contribution in [0.15, 0.2) is 30.3 Å². The van der Waals surface area contributed by atoms with Gasteiger partial charge in [-0.2, -0.15) is 0 Å². The van der Waals surface area contributed by atoms with Crippen LogP contribution in [0.3, 0.4) is 0 Å². The van der Waals surface area contributed by atoms with Crippen LogP contribution in [0.25, 0.3) is 0 Å². The first-order valence-electron chi connectivity index (χ1n) is 6.35. The molecule has 1 amide bonds. The van der Waals surface area contributed by atoms with Gasteiger partial charge in [-0.05, 0) is 25.3 Å². The maximum atomic E-state index is 11.8. The fourth-order valence-electron chi connectivity index (χ4n) is 1.89. The van der Waals surface area contributed by atoms with Crippen molar-refractivity contribution in [3.63, 3.8) is 0 Å². The van der Waals surface area contributed by atoms with E-state index in [0.717, 1.165) is 18.4 Å². The molecule has 3 N–H and O–H groups in total. The molecule has 98 valence electrons. The summed E-state index contributed by atoms with van der Waals surface area (Å²) in [4.78, 5) is 11.8. The van der Waals surface area contributed by atoms with Crippen LogP contribution in [0.5, 0.6) is 0 Å². The standard InChI is InChI=1S/C14H20N2O2/c1-14(10-17,11-5-3-2-4-6-11)16-13(18)9-15-12-7-8-12/h2-6,12,15,17H,7-10H2,1H3,(H,16,18). The van der Waals surface area contributed by atoms with Gasteiger partial charge in [0.05, 0.1) is 18.7 Å². The van der Waals surface area contributed by atoms with E-state index < -0.39 is 5.54 Å². The molecule has 0 aliphatic heterocycles. The molecule has 1 aromatic carbocycles. The molecule has 1 unspecified atom stereocenters. The molecule has 0 spiro atoms. The molecule has 0 aromatic heterocycles. The summed E-state index contributed by atoms with van der Waals surface area (Å²) in [5.41, 5.74) is 0.191. The van der Waals surface area contributed by atoms with Gasteiger partial charge in [0.25, 0.3) is 0 Å². The number of carbonyl (C=O) groups excluding carboxylic acids is 1. The van der Waals surface area contributed by atoms with E-state index in [1.807, 2.05) is 37.3 Å². The molecule has 4 nitrogen and oxygen atoms in total. The Labute approximate surface area is 107 Å². The first-order chi connectivity index (χ1) is 8.64. The van der Waals surface area contributed by atoms with Crippen molar-refractivity contribution < 1.29 is 9.90 Å². The molecule has 1 aromatic rings. The van der Waals surface area contributed by atoms with Gasteiger partial charge < -0.3 is 15.7 Å². The predicted molar refractivity (Wildman–Crippen MR) is 70.0 cm³/mol. The lowest BCUT2D eigenvalue weighted by molar-refractivity contribution is -0.122. The quantitative estimate of drug-likeness (QED) is 0.696. The van der Waals surface area contributed by atoms with Crippen molar-refractivity contribution in [1.29, 1.82) is 0 Å². The zero-order valence-electron chi connectivity index (χ0n) is 10.6. The third-order valence-corrected chi connectivity index (χ3v) is 3.27. The summed E-state index contributed by atoms with van der Waals surface area (Å²) in [5.74, 6) is -0.0812. The van der Waals surface area contributed by atoms with Crippen LogP contribution in [0.2, 0.25) is 0 Å². The Morgan fingerprint density at radius 1 is 1.39 bits per heavy atom. The third kappa shape index (κ3) is 3.31. The fourth-order valence-corrected chi connectivity index (χ4v) is 1.89. The van der Waals surface area contributed by atoms with Crippen LogP contribution >= 0.6 is 0 Å². The van der Waals surface area contributed by atoms with Crippen molar-refractivity contribution in [2.75, 3.05) is 13.2 Å². The summed E-state index contributed by atoms with van der Waals surface area (Å²) >= 11 is 0. The maximum absolute atomic E-state index is 11.8. The number of aliphatic hydroxyl groups excluding tert-OH is 1. The largest absolute Gasteiger partial charge is 0.394 e. The minimum Gasteiger partial charge on any atom is -0.394 e. The van der Waals surface area contributed by atoms with Crippen LogP contribution < -0.4 is 10.6 Å². The van der Waals surface area contributed by atoms with Crippen LogP contribution in [0.1, 0.15) is 25.3 Å². The van der Waals surface area contributed by atoms with E-state index >= 15 is 0 Å². The van der Waals surface area contributed by atoms with Crippen molar-refractivity contribution in [2.45, 2.75) is 31.3 Å². The molecular formula is C14H20N2O2. The SMILES string of the molecule is CC(CO)(NC(=O)CNC1CC1)c1ccccc1. The van der Waals surface area contributed by atoms with Crippen LogP contribution in [0, 0.1) is 0 Å². The van der Waals surface area contributed by atoms with Gasteiger partial charge in [0.1, 0.15) is 0 Å². The van der Waals surface area contributed by atoms with Crippen molar-refractivity contribution in [3.05, 3.63) is 35.9 Å². The summed E-state index contributed by atoms with van der Waals surface area (Å²) in [6.45, 7) is 2.02. The van der Waals surface area contributed by atoms with E-state index in [1.54, 1.807) is 0 Å². The number of hydrogen-bond acceptors (Lipinski definition) is 3. The van der Waals surface area contributed by atoms with Gasteiger partial charge in [0.2, 0.25) is 5.91 Å². The van der Waals surface area contributed by atoms with Gasteiger partial charge in [-0.3, -0.25) is 4.79 Å². The Kier molecular flexibility index (Phi) is 3.99. The molecule has 0 saturated heterocycles. The summed E-state index contributed by atoms with van der Waals surface area (Å²) in [7, 11) is 0. The van der Waals surface area contributed by atoms with Crippen LogP contribution in [-0.4, -0.2) is 30.2 Å². The lowest BCUT2D eigenvalue weighted by Gasteiger charge is -2.29. The minimum absolute atomic E-state index is 0.0812. The van der Waals surface area contributed by atoms with E-state index in [0.29, 0.717) is 12.6 Å². The van der Waals surface area contributed by atoms with Gasteiger partial charge in [0, 0.05) is 6.04 Å². The van der Waals surface area contributed by atoms with Crippen molar-refractivity contribution in [1.82, 2.24) is 10.6 Å². The van der Waals surface area contributed by atoms with Gasteiger partial charge in [0.15, 0.2) is 0 Å². The number of amides is 1. The maximum Gasteiger partial charge on any atom is 0.234 e. The average molecular weight is 248 g/mol. The third-order valence-electron chi connectivity index (χ3n) is 3.27. The number of nitrogens with one attached hydrogen (secondary N) is 2. The average Bonchev–Trinajstić information content (AvgIpc) is 3.21. The first-order valence-corrected chi connectivity index (χ1v) is 6.35. The highest BCUT2D eigenvalue weighted by Gasteiger charge is 2.28. The van der Waals surface area contributed by atoms with Crippen LogP contribution in [-0.2, 0) is 10.3 Å². The molecule has 1 atom stereocenters. The number of hydrogen-bond donors (Lipinski definition) is 3.